The molecule has 0 unspecified atom stereocenters. The van der Waals surface area contributed by atoms with Gasteiger partial charge in [-0.1, -0.05) is 0 Å². The van der Waals surface area contributed by atoms with Gasteiger partial charge in [-0.15, -0.1) is 0 Å². The molecule has 0 fully saturated rings. The van der Waals surface area contributed by atoms with Crippen LogP contribution in [-0.4, -0.2) is 20.9 Å². The van der Waals surface area contributed by atoms with Crippen molar-refractivity contribution in [3.05, 3.63) is 54.7 Å². The molecule has 0 atom stereocenters. The Morgan fingerprint density at radius 3 is 2.83 bits per heavy atom. The van der Waals surface area contributed by atoms with Gasteiger partial charge in [-0.2, -0.15) is 0 Å². The topological polar surface area (TPSA) is 70.7 Å². The summed E-state index contributed by atoms with van der Waals surface area (Å²) < 4.78 is 0. The molecule has 0 aliphatic carbocycles. The largest absolute Gasteiger partial charge is 0.349 e. The summed E-state index contributed by atoms with van der Waals surface area (Å²) in [6, 6.07) is 7.20. The first kappa shape index (κ1) is 10.5. The second-order valence-corrected chi connectivity index (χ2v) is 3.84. The van der Waals surface area contributed by atoms with E-state index in [-0.39, 0.29) is 5.91 Å². The van der Waals surface area contributed by atoms with Crippen molar-refractivity contribution in [3.63, 3.8) is 0 Å². The van der Waals surface area contributed by atoms with E-state index >= 15 is 0 Å². The number of anilines is 1. The van der Waals surface area contributed by atoms with Gasteiger partial charge in [0.1, 0.15) is 5.69 Å². The molecule has 3 aromatic heterocycles. The third kappa shape index (κ3) is 1.93. The Bertz CT molecular complexity index is 657. The number of carbonyl (C=O) groups is 1. The monoisotopic (exact) mass is 238 g/mol. The molecule has 0 saturated heterocycles. The summed E-state index contributed by atoms with van der Waals surface area (Å²) >= 11 is 0. The van der Waals surface area contributed by atoms with Crippen LogP contribution in [0.5, 0.6) is 0 Å². The van der Waals surface area contributed by atoms with Crippen molar-refractivity contribution in [2.75, 3.05) is 5.32 Å². The van der Waals surface area contributed by atoms with Gasteiger partial charge in [0.05, 0.1) is 23.6 Å². The van der Waals surface area contributed by atoms with Gasteiger partial charge in [-0.05, 0) is 24.3 Å². The van der Waals surface area contributed by atoms with Gasteiger partial charge < -0.3 is 10.3 Å². The average molecular weight is 238 g/mol. The van der Waals surface area contributed by atoms with Crippen LogP contribution >= 0.6 is 0 Å². The molecule has 0 aliphatic heterocycles. The highest BCUT2D eigenvalue weighted by Crippen LogP contribution is 2.14. The van der Waals surface area contributed by atoms with Crippen LogP contribution in [0.25, 0.3) is 10.9 Å². The highest BCUT2D eigenvalue weighted by atomic mass is 16.1. The fraction of sp³-hybridized carbons (Fsp3) is 0. The van der Waals surface area contributed by atoms with E-state index in [2.05, 4.69) is 20.3 Å². The number of rotatable bonds is 2. The number of pyridine rings is 2. The van der Waals surface area contributed by atoms with E-state index in [1.165, 1.54) is 0 Å². The predicted molar refractivity (Wildman–Crippen MR) is 68.3 cm³/mol. The van der Waals surface area contributed by atoms with Gasteiger partial charge in [0.15, 0.2) is 0 Å². The minimum Gasteiger partial charge on any atom is -0.349 e. The molecule has 5 heteroatoms. The summed E-state index contributed by atoms with van der Waals surface area (Å²) in [4.78, 5) is 22.9. The zero-order chi connectivity index (χ0) is 12.4. The van der Waals surface area contributed by atoms with E-state index in [1.807, 2.05) is 6.07 Å². The van der Waals surface area contributed by atoms with E-state index in [9.17, 15) is 4.79 Å². The minimum absolute atomic E-state index is 0.195. The molecule has 1 amide bonds. The number of H-pyrrole nitrogens is 1. The van der Waals surface area contributed by atoms with Crippen molar-refractivity contribution >= 4 is 22.5 Å². The molecule has 0 aliphatic rings. The third-order valence-electron chi connectivity index (χ3n) is 2.59. The molecule has 0 bridgehead atoms. The Hall–Kier alpha value is -2.69. The van der Waals surface area contributed by atoms with Crippen molar-refractivity contribution in [3.8, 4) is 0 Å². The van der Waals surface area contributed by atoms with Gasteiger partial charge in [-0.3, -0.25) is 14.8 Å². The molecule has 5 nitrogen and oxygen atoms in total. The van der Waals surface area contributed by atoms with E-state index in [0.717, 1.165) is 10.9 Å². The standard InChI is InChI=1S/C13H10N4O/c18-13(16-10-2-1-4-14-7-10)11-6-9-3-5-15-8-12(9)17-11/h1-8,17H,(H,16,18). The zero-order valence-corrected chi connectivity index (χ0v) is 9.42. The first-order chi connectivity index (χ1) is 8.83. The molecule has 2 N–H and O–H groups in total. The Morgan fingerprint density at radius 2 is 2.06 bits per heavy atom. The number of hydrogen-bond acceptors (Lipinski definition) is 3. The quantitative estimate of drug-likeness (QED) is 0.719. The zero-order valence-electron chi connectivity index (χ0n) is 9.42. The number of aromatic amines is 1. The number of nitrogens with one attached hydrogen (secondary N) is 2. The molecule has 0 spiro atoms. The number of hydrogen-bond donors (Lipinski definition) is 2. The Morgan fingerprint density at radius 1 is 1.17 bits per heavy atom. The van der Waals surface area contributed by atoms with Gasteiger partial charge in [0.2, 0.25) is 0 Å². The van der Waals surface area contributed by atoms with Gasteiger partial charge in [0.25, 0.3) is 5.91 Å². The van der Waals surface area contributed by atoms with Crippen molar-refractivity contribution in [2.45, 2.75) is 0 Å². The first-order valence-corrected chi connectivity index (χ1v) is 5.47. The second kappa shape index (κ2) is 4.29. The summed E-state index contributed by atoms with van der Waals surface area (Å²) in [5, 5.41) is 3.73. The maximum Gasteiger partial charge on any atom is 0.272 e. The first-order valence-electron chi connectivity index (χ1n) is 5.47. The molecule has 3 rings (SSSR count). The number of fused-ring (bicyclic) bond motifs is 1. The number of aromatic nitrogens is 3. The van der Waals surface area contributed by atoms with Crippen molar-refractivity contribution in [2.24, 2.45) is 0 Å². The number of carbonyl (C=O) groups excluding carboxylic acids is 1. The molecule has 3 heterocycles. The number of nitrogens with zero attached hydrogens (tertiary/aromatic N) is 2. The smallest absolute Gasteiger partial charge is 0.272 e. The van der Waals surface area contributed by atoms with Crippen molar-refractivity contribution in [1.82, 2.24) is 15.0 Å². The second-order valence-electron chi connectivity index (χ2n) is 3.84. The van der Waals surface area contributed by atoms with E-state index < -0.39 is 0 Å². The molecule has 18 heavy (non-hydrogen) atoms. The molecule has 3 aromatic rings. The summed E-state index contributed by atoms with van der Waals surface area (Å²) in [7, 11) is 0. The van der Waals surface area contributed by atoms with Crippen LogP contribution in [0.2, 0.25) is 0 Å². The molecular weight excluding hydrogens is 228 g/mol. The van der Waals surface area contributed by atoms with Crippen LogP contribution in [0.4, 0.5) is 5.69 Å². The molecule has 88 valence electrons. The predicted octanol–water partition coefficient (Wildman–Crippen LogP) is 2.21. The summed E-state index contributed by atoms with van der Waals surface area (Å²) in [6.07, 6.45) is 6.64. The lowest BCUT2D eigenvalue weighted by atomic mass is 10.3. The normalized spacial score (nSPS) is 10.4. The highest BCUT2D eigenvalue weighted by molar-refractivity contribution is 6.05. The van der Waals surface area contributed by atoms with Crippen LogP contribution in [0, 0.1) is 0 Å². The summed E-state index contributed by atoms with van der Waals surface area (Å²) in [5.41, 5.74) is 2.01. The van der Waals surface area contributed by atoms with Crippen LogP contribution in [0.1, 0.15) is 10.5 Å². The van der Waals surface area contributed by atoms with Gasteiger partial charge >= 0.3 is 0 Å². The van der Waals surface area contributed by atoms with Crippen molar-refractivity contribution < 1.29 is 4.79 Å². The fourth-order valence-electron chi connectivity index (χ4n) is 1.73. The molecule has 0 radical (unpaired) electrons. The Kier molecular flexibility index (Phi) is 2.49. The molecular formula is C13H10N4O. The summed E-state index contributed by atoms with van der Waals surface area (Å²) in [5.74, 6) is -0.195. The lowest BCUT2D eigenvalue weighted by Crippen LogP contribution is -2.12. The highest BCUT2D eigenvalue weighted by Gasteiger charge is 2.09. The van der Waals surface area contributed by atoms with Crippen molar-refractivity contribution in [1.29, 1.82) is 0 Å². The Labute approximate surface area is 103 Å². The lowest BCUT2D eigenvalue weighted by molar-refractivity contribution is 0.102. The van der Waals surface area contributed by atoms with Crippen LogP contribution in [0.3, 0.4) is 0 Å². The van der Waals surface area contributed by atoms with E-state index in [4.69, 9.17) is 0 Å². The van der Waals surface area contributed by atoms with Crippen LogP contribution < -0.4 is 5.32 Å². The maximum atomic E-state index is 12.0. The van der Waals surface area contributed by atoms with Gasteiger partial charge in [-0.25, -0.2) is 0 Å². The SMILES string of the molecule is O=C(Nc1cccnc1)c1cc2ccncc2[nH]1. The average Bonchev–Trinajstić information content (AvgIpc) is 2.84. The fourth-order valence-corrected chi connectivity index (χ4v) is 1.73. The van der Waals surface area contributed by atoms with Crippen LogP contribution in [0.15, 0.2) is 49.1 Å². The lowest BCUT2D eigenvalue weighted by Gasteiger charge is -2.01. The third-order valence-corrected chi connectivity index (χ3v) is 2.59. The molecule has 0 aromatic carbocycles. The van der Waals surface area contributed by atoms with E-state index in [0.29, 0.717) is 11.4 Å². The van der Waals surface area contributed by atoms with Crippen LogP contribution in [-0.2, 0) is 0 Å². The van der Waals surface area contributed by atoms with Gasteiger partial charge in [0, 0.05) is 17.8 Å². The maximum absolute atomic E-state index is 12.0. The summed E-state index contributed by atoms with van der Waals surface area (Å²) in [6.45, 7) is 0. The number of amides is 1. The van der Waals surface area contributed by atoms with E-state index in [1.54, 1.807) is 43.0 Å². The Balaban J connectivity index is 1.88. The molecule has 0 saturated carbocycles. The minimum atomic E-state index is -0.195.